The van der Waals surface area contributed by atoms with Crippen molar-refractivity contribution in [2.75, 3.05) is 0 Å². The van der Waals surface area contributed by atoms with Crippen LogP contribution in [0.4, 0.5) is 0 Å². The molecule has 0 aliphatic rings. The van der Waals surface area contributed by atoms with Gasteiger partial charge in [-0.2, -0.15) is 5.26 Å². The van der Waals surface area contributed by atoms with Gasteiger partial charge in [0.05, 0.1) is 5.56 Å². The summed E-state index contributed by atoms with van der Waals surface area (Å²) < 4.78 is 22.3. The molecule has 0 N–H and O–H groups in total. The molecule has 0 saturated heterocycles. The summed E-state index contributed by atoms with van der Waals surface area (Å²) in [6, 6.07) is 4.29. The van der Waals surface area contributed by atoms with E-state index in [-0.39, 0.29) is 21.4 Å². The highest BCUT2D eigenvalue weighted by atomic mass is 35.7. The zero-order valence-electron chi connectivity index (χ0n) is 7.17. The molecule has 0 aromatic heterocycles. The van der Waals surface area contributed by atoms with E-state index >= 15 is 0 Å². The van der Waals surface area contributed by atoms with E-state index in [1.54, 1.807) is 6.07 Å². The highest BCUT2D eigenvalue weighted by molar-refractivity contribution is 8.13. The lowest BCUT2D eigenvalue weighted by Crippen LogP contribution is -1.99. The van der Waals surface area contributed by atoms with Gasteiger partial charge in [-0.3, -0.25) is 0 Å². The van der Waals surface area contributed by atoms with Gasteiger partial charge in [0.2, 0.25) is 0 Å². The van der Waals surface area contributed by atoms with Gasteiger partial charge in [-0.1, -0.05) is 11.6 Å². The maximum atomic E-state index is 11.1. The van der Waals surface area contributed by atoms with E-state index in [1.807, 2.05) is 0 Å². The van der Waals surface area contributed by atoms with Crippen LogP contribution in [0.3, 0.4) is 0 Å². The summed E-state index contributed by atoms with van der Waals surface area (Å²) in [5, 5.41) is 8.98. The van der Waals surface area contributed by atoms with Crippen LogP contribution in [-0.2, 0) is 14.9 Å². The minimum Gasteiger partial charge on any atom is -0.207 e. The number of rotatable bonds is 2. The van der Waals surface area contributed by atoms with Gasteiger partial charge < -0.3 is 0 Å². The number of hydrogen-bond acceptors (Lipinski definition) is 3. The van der Waals surface area contributed by atoms with Crippen LogP contribution in [0.15, 0.2) is 17.0 Å². The van der Waals surface area contributed by atoms with Crippen LogP contribution in [-0.4, -0.2) is 8.42 Å². The van der Waals surface area contributed by atoms with Crippen molar-refractivity contribution in [3.8, 4) is 6.07 Å². The quantitative estimate of drug-likeness (QED) is 0.620. The zero-order chi connectivity index (χ0) is 11.6. The molecule has 1 aromatic carbocycles. The van der Waals surface area contributed by atoms with Crippen LogP contribution in [0.5, 0.6) is 0 Å². The Morgan fingerprint density at radius 3 is 2.40 bits per heavy atom. The number of nitriles is 1. The van der Waals surface area contributed by atoms with Crippen LogP contribution >= 0.6 is 33.9 Å². The summed E-state index contributed by atoms with van der Waals surface area (Å²) in [6.07, 6.45) is 0. The van der Waals surface area contributed by atoms with E-state index < -0.39 is 9.05 Å². The Bertz CT molecular complexity index is 534. The molecule has 7 heteroatoms. The molecule has 0 spiro atoms. The Balaban J connectivity index is 3.66. The fourth-order valence-electron chi connectivity index (χ4n) is 1.06. The number of halogens is 3. The number of hydrogen-bond donors (Lipinski definition) is 0. The second-order valence-electron chi connectivity index (χ2n) is 2.62. The molecule has 0 heterocycles. The SMILES string of the molecule is N#Cc1c(CCl)cc(Cl)cc1S(=O)(=O)Cl. The van der Waals surface area contributed by atoms with Crippen molar-refractivity contribution in [1.29, 1.82) is 5.26 Å². The predicted molar refractivity (Wildman–Crippen MR) is 58.8 cm³/mol. The van der Waals surface area contributed by atoms with Gasteiger partial charge in [0.15, 0.2) is 0 Å². The largest absolute Gasteiger partial charge is 0.262 e. The van der Waals surface area contributed by atoms with Crippen molar-refractivity contribution >= 4 is 42.9 Å². The molecule has 1 rings (SSSR count). The van der Waals surface area contributed by atoms with Gasteiger partial charge in [-0.05, 0) is 17.7 Å². The summed E-state index contributed by atoms with van der Waals surface area (Å²) >= 11 is 11.2. The van der Waals surface area contributed by atoms with Gasteiger partial charge >= 0.3 is 0 Å². The Morgan fingerprint density at radius 1 is 1.40 bits per heavy atom. The molecule has 80 valence electrons. The Labute approximate surface area is 102 Å². The molecule has 0 unspecified atom stereocenters. The third-order valence-corrected chi connectivity index (χ3v) is 3.52. The van der Waals surface area contributed by atoms with Crippen molar-refractivity contribution in [2.45, 2.75) is 10.8 Å². The minimum atomic E-state index is -3.99. The lowest BCUT2D eigenvalue weighted by molar-refractivity contribution is 0.609. The van der Waals surface area contributed by atoms with E-state index in [2.05, 4.69) is 0 Å². The second kappa shape index (κ2) is 4.58. The van der Waals surface area contributed by atoms with E-state index in [0.29, 0.717) is 5.56 Å². The fraction of sp³-hybridized carbons (Fsp3) is 0.125. The van der Waals surface area contributed by atoms with Gasteiger partial charge in [0, 0.05) is 21.6 Å². The molecule has 0 aliphatic heterocycles. The van der Waals surface area contributed by atoms with Crippen molar-refractivity contribution in [3.63, 3.8) is 0 Å². The standard InChI is InChI=1S/C8H4Cl3NO2S/c9-3-5-1-6(10)2-8(7(5)4-12)15(11,13)14/h1-2H,3H2. The Hall–Kier alpha value is -0.470. The molecule has 15 heavy (non-hydrogen) atoms. The van der Waals surface area contributed by atoms with Crippen LogP contribution in [0.1, 0.15) is 11.1 Å². The van der Waals surface area contributed by atoms with Crippen LogP contribution < -0.4 is 0 Å². The maximum Gasteiger partial charge on any atom is 0.262 e. The molecule has 0 bridgehead atoms. The molecule has 0 amide bonds. The average molecular weight is 285 g/mol. The summed E-state index contributed by atoms with van der Waals surface area (Å²) in [4.78, 5) is -0.310. The molecule has 0 aliphatic carbocycles. The normalized spacial score (nSPS) is 11.1. The Kier molecular flexibility index (Phi) is 3.85. The number of benzene rings is 1. The summed E-state index contributed by atoms with van der Waals surface area (Å²) in [5.41, 5.74) is 0.273. The van der Waals surface area contributed by atoms with Gasteiger partial charge in [0.1, 0.15) is 11.0 Å². The summed E-state index contributed by atoms with van der Waals surface area (Å²) in [5.74, 6) is -0.0110. The van der Waals surface area contributed by atoms with Gasteiger partial charge in [-0.15, -0.1) is 11.6 Å². The fourth-order valence-corrected chi connectivity index (χ4v) is 2.63. The van der Waals surface area contributed by atoms with Crippen LogP contribution in [0.25, 0.3) is 0 Å². The smallest absolute Gasteiger partial charge is 0.207 e. The second-order valence-corrected chi connectivity index (χ2v) is 5.86. The first-order valence-electron chi connectivity index (χ1n) is 3.63. The van der Waals surface area contributed by atoms with Gasteiger partial charge in [0.25, 0.3) is 9.05 Å². The lowest BCUT2D eigenvalue weighted by Gasteiger charge is -2.05. The van der Waals surface area contributed by atoms with Crippen molar-refractivity contribution in [1.82, 2.24) is 0 Å². The number of alkyl halides is 1. The molecule has 0 saturated carbocycles. The van der Waals surface area contributed by atoms with E-state index in [1.165, 1.54) is 6.07 Å². The minimum absolute atomic E-state index is 0.0110. The average Bonchev–Trinajstić information content (AvgIpc) is 2.15. The first-order valence-corrected chi connectivity index (χ1v) is 6.85. The predicted octanol–water partition coefficient (Wildman–Crippen LogP) is 2.88. The van der Waals surface area contributed by atoms with Gasteiger partial charge in [-0.25, -0.2) is 8.42 Å². The van der Waals surface area contributed by atoms with Crippen molar-refractivity contribution in [3.05, 3.63) is 28.3 Å². The molecule has 0 radical (unpaired) electrons. The topological polar surface area (TPSA) is 57.9 Å². The first-order chi connectivity index (χ1) is 6.90. The van der Waals surface area contributed by atoms with Crippen LogP contribution in [0, 0.1) is 11.3 Å². The molecule has 1 aromatic rings. The highest BCUT2D eigenvalue weighted by Gasteiger charge is 2.19. The first kappa shape index (κ1) is 12.6. The summed E-state index contributed by atoms with van der Waals surface area (Å²) in [6.45, 7) is 0. The Morgan fingerprint density at radius 2 is 2.00 bits per heavy atom. The molecule has 0 fully saturated rings. The molecular weight excluding hydrogens is 281 g/mol. The molecular formula is C8H4Cl3NO2S. The molecule has 0 atom stereocenters. The monoisotopic (exact) mass is 283 g/mol. The van der Waals surface area contributed by atoms with Crippen LogP contribution in [0.2, 0.25) is 5.02 Å². The van der Waals surface area contributed by atoms with Crippen molar-refractivity contribution < 1.29 is 8.42 Å². The van der Waals surface area contributed by atoms with E-state index in [4.69, 9.17) is 39.1 Å². The van der Waals surface area contributed by atoms with E-state index in [0.717, 1.165) is 6.07 Å². The van der Waals surface area contributed by atoms with Crippen molar-refractivity contribution in [2.24, 2.45) is 0 Å². The third kappa shape index (κ3) is 2.76. The summed E-state index contributed by atoms with van der Waals surface area (Å²) in [7, 11) is 1.17. The number of nitrogens with zero attached hydrogens (tertiary/aromatic N) is 1. The maximum absolute atomic E-state index is 11.1. The third-order valence-electron chi connectivity index (χ3n) is 1.67. The zero-order valence-corrected chi connectivity index (χ0v) is 10.3. The lowest BCUT2D eigenvalue weighted by atomic mass is 10.1. The molecule has 3 nitrogen and oxygen atoms in total. The van der Waals surface area contributed by atoms with E-state index in [9.17, 15) is 8.42 Å². The highest BCUT2D eigenvalue weighted by Crippen LogP contribution is 2.27.